The van der Waals surface area contributed by atoms with E-state index in [0.717, 1.165) is 18.4 Å². The minimum Gasteiger partial charge on any atom is -0.373 e. The van der Waals surface area contributed by atoms with Crippen molar-refractivity contribution in [3.63, 3.8) is 0 Å². The molecule has 1 saturated heterocycles. The van der Waals surface area contributed by atoms with Gasteiger partial charge in [0.25, 0.3) is 0 Å². The zero-order chi connectivity index (χ0) is 20.4. The molecule has 28 heavy (non-hydrogen) atoms. The first kappa shape index (κ1) is 21.2. The molecule has 6 nitrogen and oxygen atoms in total. The van der Waals surface area contributed by atoms with Crippen molar-refractivity contribution in [2.75, 3.05) is 25.4 Å². The van der Waals surface area contributed by atoms with Crippen molar-refractivity contribution < 1.29 is 22.3 Å². The van der Waals surface area contributed by atoms with E-state index in [0.29, 0.717) is 25.9 Å². The van der Waals surface area contributed by atoms with Gasteiger partial charge in [-0.25, -0.2) is 12.8 Å². The maximum Gasteiger partial charge on any atom is 0.230 e. The van der Waals surface area contributed by atoms with E-state index in [4.69, 9.17) is 4.74 Å². The molecule has 8 heteroatoms. The van der Waals surface area contributed by atoms with Crippen LogP contribution < -0.4 is 5.32 Å². The smallest absolute Gasteiger partial charge is 0.230 e. The molecule has 1 saturated carbocycles. The molecule has 1 N–H and O–H groups in total. The van der Waals surface area contributed by atoms with E-state index in [1.165, 1.54) is 16.4 Å². The van der Waals surface area contributed by atoms with Crippen LogP contribution in [0.3, 0.4) is 0 Å². The number of rotatable bonds is 6. The highest BCUT2D eigenvalue weighted by atomic mass is 32.2. The van der Waals surface area contributed by atoms with Gasteiger partial charge in [0.2, 0.25) is 15.9 Å². The zero-order valence-corrected chi connectivity index (χ0v) is 17.3. The molecule has 0 aromatic heterocycles. The highest BCUT2D eigenvalue weighted by Gasteiger charge is 2.42. The van der Waals surface area contributed by atoms with Crippen molar-refractivity contribution in [3.05, 3.63) is 35.6 Å². The summed E-state index contributed by atoms with van der Waals surface area (Å²) in [6.07, 6.45) is 2.94. The van der Waals surface area contributed by atoms with Gasteiger partial charge in [-0.15, -0.1) is 0 Å². The Balaban J connectivity index is 1.63. The lowest BCUT2D eigenvalue weighted by molar-refractivity contribution is -0.126. The molecule has 3 rings (SSSR count). The van der Waals surface area contributed by atoms with Gasteiger partial charge in [0.15, 0.2) is 0 Å². The van der Waals surface area contributed by atoms with Crippen molar-refractivity contribution in [1.82, 2.24) is 9.62 Å². The summed E-state index contributed by atoms with van der Waals surface area (Å²) < 4.78 is 45.6. The number of carbonyl (C=O) groups excluding carboxylic acids is 1. The second-order valence-electron chi connectivity index (χ2n) is 7.94. The zero-order valence-electron chi connectivity index (χ0n) is 16.5. The van der Waals surface area contributed by atoms with Crippen molar-refractivity contribution in [3.8, 4) is 0 Å². The number of carbonyl (C=O) groups is 1. The molecule has 2 aliphatic rings. The summed E-state index contributed by atoms with van der Waals surface area (Å²) in [5.41, 5.74) is 0.0991. The summed E-state index contributed by atoms with van der Waals surface area (Å²) in [4.78, 5) is 13.0. The first-order valence-electron chi connectivity index (χ1n) is 9.90. The van der Waals surface area contributed by atoms with Crippen LogP contribution >= 0.6 is 0 Å². The summed E-state index contributed by atoms with van der Waals surface area (Å²) in [7, 11) is -3.47. The average Bonchev–Trinajstić information content (AvgIpc) is 3.12. The van der Waals surface area contributed by atoms with Crippen LogP contribution in [0.1, 0.15) is 45.1 Å². The number of benzene rings is 1. The third-order valence-electron chi connectivity index (χ3n) is 5.71. The average molecular weight is 413 g/mol. The van der Waals surface area contributed by atoms with Crippen LogP contribution in [0, 0.1) is 5.82 Å². The van der Waals surface area contributed by atoms with Crippen LogP contribution in [0.4, 0.5) is 4.39 Å². The molecule has 1 aromatic carbocycles. The van der Waals surface area contributed by atoms with Gasteiger partial charge in [-0.1, -0.05) is 25.0 Å². The molecule has 1 aliphatic heterocycles. The summed E-state index contributed by atoms with van der Waals surface area (Å²) >= 11 is 0. The largest absolute Gasteiger partial charge is 0.373 e. The first-order chi connectivity index (χ1) is 13.2. The summed E-state index contributed by atoms with van der Waals surface area (Å²) in [6, 6.07) is 6.06. The normalized spacial score (nSPS) is 25.5. The minimum absolute atomic E-state index is 0.0598. The van der Waals surface area contributed by atoms with Gasteiger partial charge in [-0.3, -0.25) is 4.79 Å². The van der Waals surface area contributed by atoms with Gasteiger partial charge in [0, 0.05) is 19.6 Å². The third-order valence-corrected chi connectivity index (χ3v) is 7.52. The Morgan fingerprint density at radius 2 is 1.75 bits per heavy atom. The molecule has 2 atom stereocenters. The predicted molar refractivity (Wildman–Crippen MR) is 105 cm³/mol. The third kappa shape index (κ3) is 4.55. The Bertz CT molecular complexity index is 781. The van der Waals surface area contributed by atoms with E-state index in [9.17, 15) is 17.6 Å². The lowest BCUT2D eigenvalue weighted by atomic mass is 9.78. The van der Waals surface area contributed by atoms with E-state index in [2.05, 4.69) is 5.32 Å². The molecular weight excluding hydrogens is 383 g/mol. The van der Waals surface area contributed by atoms with Gasteiger partial charge in [-0.2, -0.15) is 4.31 Å². The lowest BCUT2D eigenvalue weighted by Gasteiger charge is -2.34. The van der Waals surface area contributed by atoms with E-state index in [1.54, 1.807) is 12.1 Å². The Labute approximate surface area is 166 Å². The molecule has 156 valence electrons. The topological polar surface area (TPSA) is 75.7 Å². The lowest BCUT2D eigenvalue weighted by Crippen LogP contribution is -2.50. The highest BCUT2D eigenvalue weighted by Crippen LogP contribution is 2.41. The molecule has 0 spiro atoms. The number of halogens is 1. The highest BCUT2D eigenvalue weighted by molar-refractivity contribution is 7.89. The van der Waals surface area contributed by atoms with E-state index in [-0.39, 0.29) is 36.2 Å². The van der Waals surface area contributed by atoms with Crippen LogP contribution in [-0.4, -0.2) is 56.2 Å². The monoisotopic (exact) mass is 412 g/mol. The quantitative estimate of drug-likeness (QED) is 0.777. The van der Waals surface area contributed by atoms with Crippen molar-refractivity contribution in [1.29, 1.82) is 0 Å². The SMILES string of the molecule is C[C@@H]1CN(S(=O)(=O)CCNC(=O)C2(c3ccc(F)cc3)CCCC2)C[C@@H](C)O1. The number of nitrogens with zero attached hydrogens (tertiary/aromatic N) is 1. The standard InChI is InChI=1S/C20H29FN2O4S/c1-15-13-23(14-16(2)27-15)28(25,26)12-11-22-19(24)20(9-3-4-10-20)17-5-7-18(21)8-6-17/h5-8,15-16H,3-4,9-14H2,1-2H3,(H,22,24)/t15-,16-/m1/s1. The van der Waals surface area contributed by atoms with Crippen LogP contribution in [0.2, 0.25) is 0 Å². The van der Waals surface area contributed by atoms with Crippen molar-refractivity contribution >= 4 is 15.9 Å². The number of nitrogens with one attached hydrogen (secondary N) is 1. The first-order valence-corrected chi connectivity index (χ1v) is 11.5. The molecule has 1 aliphatic carbocycles. The Morgan fingerprint density at radius 1 is 1.18 bits per heavy atom. The van der Waals surface area contributed by atoms with E-state index in [1.807, 2.05) is 13.8 Å². The molecule has 2 fully saturated rings. The van der Waals surface area contributed by atoms with Crippen LogP contribution in [0.15, 0.2) is 24.3 Å². The van der Waals surface area contributed by atoms with Crippen molar-refractivity contribution in [2.45, 2.75) is 57.2 Å². The summed E-state index contributed by atoms with van der Waals surface area (Å²) in [5.74, 6) is -0.648. The van der Waals surface area contributed by atoms with Gasteiger partial charge in [-0.05, 0) is 44.4 Å². The molecule has 0 bridgehead atoms. The predicted octanol–water partition coefficient (Wildman–Crippen LogP) is 2.19. The maximum absolute atomic E-state index is 13.3. The fourth-order valence-electron chi connectivity index (χ4n) is 4.34. The van der Waals surface area contributed by atoms with Crippen LogP contribution in [0.25, 0.3) is 0 Å². The van der Waals surface area contributed by atoms with Crippen molar-refractivity contribution in [2.24, 2.45) is 0 Å². The van der Waals surface area contributed by atoms with Crippen LogP contribution in [0.5, 0.6) is 0 Å². The molecular formula is C20H29FN2O4S. The van der Waals surface area contributed by atoms with E-state index < -0.39 is 15.4 Å². The van der Waals surface area contributed by atoms with Gasteiger partial charge in [0.1, 0.15) is 5.82 Å². The molecule has 0 radical (unpaired) electrons. The number of hydrogen-bond donors (Lipinski definition) is 1. The number of amides is 1. The molecule has 1 heterocycles. The number of ether oxygens (including phenoxy) is 1. The number of morpholine rings is 1. The maximum atomic E-state index is 13.3. The van der Waals surface area contributed by atoms with Gasteiger partial charge in [0.05, 0.1) is 23.4 Å². The Morgan fingerprint density at radius 3 is 2.32 bits per heavy atom. The minimum atomic E-state index is -3.47. The molecule has 0 unspecified atom stereocenters. The second kappa shape index (κ2) is 8.47. The van der Waals surface area contributed by atoms with E-state index >= 15 is 0 Å². The summed E-state index contributed by atoms with van der Waals surface area (Å²) in [6.45, 7) is 4.43. The Kier molecular flexibility index (Phi) is 6.41. The molecule has 1 amide bonds. The Hall–Kier alpha value is -1.51. The second-order valence-corrected chi connectivity index (χ2v) is 10.0. The van der Waals surface area contributed by atoms with Gasteiger partial charge < -0.3 is 10.1 Å². The fourth-order valence-corrected chi connectivity index (χ4v) is 5.84. The fraction of sp³-hybridized carbons (Fsp3) is 0.650. The van der Waals surface area contributed by atoms with Gasteiger partial charge >= 0.3 is 0 Å². The molecule has 1 aromatic rings. The van der Waals surface area contributed by atoms with Crippen LogP contribution in [-0.2, 0) is 25.0 Å². The number of sulfonamides is 1. The number of hydrogen-bond acceptors (Lipinski definition) is 4. The summed E-state index contributed by atoms with van der Waals surface area (Å²) in [5, 5.41) is 2.83.